The van der Waals surface area contributed by atoms with Gasteiger partial charge in [0.05, 0.1) is 6.04 Å². The van der Waals surface area contributed by atoms with Crippen LogP contribution in [0.25, 0.3) is 10.8 Å². The molecule has 1 unspecified atom stereocenters. The maximum atomic E-state index is 12.5. The summed E-state index contributed by atoms with van der Waals surface area (Å²) in [7, 11) is 0. The minimum Gasteiger partial charge on any atom is -0.447 e. The highest BCUT2D eigenvalue weighted by Gasteiger charge is 2.36. The van der Waals surface area contributed by atoms with Crippen molar-refractivity contribution in [2.24, 2.45) is 0 Å². The molecular formula is C25H22N4O2. The van der Waals surface area contributed by atoms with Crippen molar-refractivity contribution in [1.82, 2.24) is 9.97 Å². The molecule has 0 bridgehead atoms. The van der Waals surface area contributed by atoms with Gasteiger partial charge in [0.2, 0.25) is 5.95 Å². The third-order valence-corrected chi connectivity index (χ3v) is 5.58. The third-order valence-electron chi connectivity index (χ3n) is 5.58. The standard InChI is InChI=1S/C25H22N4O2/c1-17(20-13-7-11-18-8-5-6-12-21(18)20)27-24-26-15-14-23(28-24)29-22(16-31-25(29)30)19-9-3-2-4-10-19/h2-15,17,22H,16H2,1H3,(H,26,27,28)/t17-,22?/m0/s1. The summed E-state index contributed by atoms with van der Waals surface area (Å²) in [4.78, 5) is 23.1. The van der Waals surface area contributed by atoms with Gasteiger partial charge in [0.1, 0.15) is 18.5 Å². The van der Waals surface area contributed by atoms with E-state index in [-0.39, 0.29) is 12.1 Å². The molecule has 1 saturated heterocycles. The van der Waals surface area contributed by atoms with Crippen molar-refractivity contribution in [2.45, 2.75) is 19.0 Å². The molecule has 0 radical (unpaired) electrons. The van der Waals surface area contributed by atoms with Crippen LogP contribution < -0.4 is 10.2 Å². The maximum absolute atomic E-state index is 12.5. The van der Waals surface area contributed by atoms with E-state index in [1.54, 1.807) is 17.2 Å². The van der Waals surface area contributed by atoms with Gasteiger partial charge in [-0.25, -0.2) is 9.78 Å². The van der Waals surface area contributed by atoms with Crippen LogP contribution in [0.5, 0.6) is 0 Å². The fraction of sp³-hybridized carbons (Fsp3) is 0.160. The van der Waals surface area contributed by atoms with E-state index in [0.29, 0.717) is 18.4 Å². The fourth-order valence-electron chi connectivity index (χ4n) is 4.05. The van der Waals surface area contributed by atoms with Crippen molar-refractivity contribution in [3.63, 3.8) is 0 Å². The van der Waals surface area contributed by atoms with E-state index in [1.807, 2.05) is 42.5 Å². The van der Waals surface area contributed by atoms with Crippen LogP contribution in [0.2, 0.25) is 0 Å². The summed E-state index contributed by atoms with van der Waals surface area (Å²) in [6.07, 6.45) is 1.26. The van der Waals surface area contributed by atoms with Crippen molar-refractivity contribution in [3.05, 3.63) is 96.2 Å². The van der Waals surface area contributed by atoms with E-state index in [1.165, 1.54) is 10.8 Å². The Morgan fingerprint density at radius 2 is 1.77 bits per heavy atom. The molecule has 31 heavy (non-hydrogen) atoms. The second kappa shape index (κ2) is 8.07. The van der Waals surface area contributed by atoms with E-state index in [2.05, 4.69) is 52.5 Å². The predicted molar refractivity (Wildman–Crippen MR) is 121 cm³/mol. The Balaban J connectivity index is 1.43. The number of anilines is 2. The first kappa shape index (κ1) is 19.1. The number of benzene rings is 3. The van der Waals surface area contributed by atoms with Crippen molar-refractivity contribution in [1.29, 1.82) is 0 Å². The van der Waals surface area contributed by atoms with E-state index >= 15 is 0 Å². The molecule has 1 aromatic heterocycles. The molecule has 154 valence electrons. The van der Waals surface area contributed by atoms with E-state index < -0.39 is 6.09 Å². The fourth-order valence-corrected chi connectivity index (χ4v) is 4.05. The lowest BCUT2D eigenvalue weighted by atomic mass is 10.00. The molecule has 1 amide bonds. The summed E-state index contributed by atoms with van der Waals surface area (Å²) >= 11 is 0. The smallest absolute Gasteiger partial charge is 0.416 e. The first-order chi connectivity index (χ1) is 15.2. The number of hydrogen-bond donors (Lipinski definition) is 1. The summed E-state index contributed by atoms with van der Waals surface area (Å²) in [6, 6.07) is 25.9. The Kier molecular flexibility index (Phi) is 4.96. The lowest BCUT2D eigenvalue weighted by Crippen LogP contribution is -2.28. The van der Waals surface area contributed by atoms with Crippen molar-refractivity contribution in [3.8, 4) is 0 Å². The molecule has 0 spiro atoms. The summed E-state index contributed by atoms with van der Waals surface area (Å²) in [6.45, 7) is 2.37. The first-order valence-corrected chi connectivity index (χ1v) is 10.3. The van der Waals surface area contributed by atoms with Crippen LogP contribution in [0.1, 0.15) is 30.1 Å². The molecule has 0 saturated carbocycles. The van der Waals surface area contributed by atoms with Crippen LogP contribution in [0.15, 0.2) is 85.1 Å². The van der Waals surface area contributed by atoms with Gasteiger partial charge in [0.15, 0.2) is 0 Å². The van der Waals surface area contributed by atoms with Crippen molar-refractivity contribution >= 4 is 28.6 Å². The van der Waals surface area contributed by atoms with Crippen LogP contribution in [-0.4, -0.2) is 22.7 Å². The Morgan fingerprint density at radius 1 is 1.00 bits per heavy atom. The molecule has 1 aliphatic heterocycles. The molecule has 5 rings (SSSR count). The zero-order chi connectivity index (χ0) is 21.2. The molecule has 1 N–H and O–H groups in total. The molecule has 2 heterocycles. The van der Waals surface area contributed by atoms with Crippen molar-refractivity contribution in [2.75, 3.05) is 16.8 Å². The van der Waals surface area contributed by atoms with Crippen LogP contribution in [-0.2, 0) is 4.74 Å². The topological polar surface area (TPSA) is 67.4 Å². The van der Waals surface area contributed by atoms with Gasteiger partial charge in [-0.05, 0) is 34.9 Å². The van der Waals surface area contributed by atoms with E-state index in [9.17, 15) is 4.79 Å². The average Bonchev–Trinajstić information content (AvgIpc) is 3.21. The molecule has 0 aliphatic carbocycles. The Hall–Kier alpha value is -3.93. The van der Waals surface area contributed by atoms with Gasteiger partial charge < -0.3 is 10.1 Å². The van der Waals surface area contributed by atoms with Crippen LogP contribution in [0.4, 0.5) is 16.6 Å². The summed E-state index contributed by atoms with van der Waals surface area (Å²) in [5, 5.41) is 5.76. The Morgan fingerprint density at radius 3 is 2.65 bits per heavy atom. The molecule has 1 aliphatic rings. The van der Waals surface area contributed by atoms with Crippen molar-refractivity contribution < 1.29 is 9.53 Å². The summed E-state index contributed by atoms with van der Waals surface area (Å²) in [5.41, 5.74) is 2.17. The minimum atomic E-state index is -0.402. The third kappa shape index (κ3) is 3.68. The largest absolute Gasteiger partial charge is 0.447 e. The van der Waals surface area contributed by atoms with Gasteiger partial charge in [-0.15, -0.1) is 0 Å². The predicted octanol–water partition coefficient (Wildman–Crippen LogP) is 5.50. The molecular weight excluding hydrogens is 388 g/mol. The Bertz CT molecular complexity index is 1220. The second-order valence-electron chi connectivity index (χ2n) is 7.55. The van der Waals surface area contributed by atoms with Gasteiger partial charge in [-0.3, -0.25) is 4.90 Å². The molecule has 1 fully saturated rings. The number of carbonyl (C=O) groups excluding carboxylic acids is 1. The number of amides is 1. The molecule has 6 nitrogen and oxygen atoms in total. The van der Waals surface area contributed by atoms with Gasteiger partial charge in [-0.2, -0.15) is 4.98 Å². The van der Waals surface area contributed by atoms with Gasteiger partial charge in [-0.1, -0.05) is 72.8 Å². The number of rotatable bonds is 5. The van der Waals surface area contributed by atoms with E-state index in [4.69, 9.17) is 4.74 Å². The SMILES string of the molecule is C[C@H](Nc1nccc(N2C(=O)OCC2c2ccccc2)n1)c1cccc2ccccc12. The number of nitrogens with one attached hydrogen (secondary N) is 1. The molecule has 3 aromatic carbocycles. The van der Waals surface area contributed by atoms with Gasteiger partial charge in [0, 0.05) is 6.20 Å². The minimum absolute atomic E-state index is 0.0169. The number of aromatic nitrogens is 2. The highest BCUT2D eigenvalue weighted by Crippen LogP contribution is 2.32. The molecule has 4 aromatic rings. The number of fused-ring (bicyclic) bond motifs is 1. The van der Waals surface area contributed by atoms with Gasteiger partial charge in [0.25, 0.3) is 0 Å². The number of nitrogens with zero attached hydrogens (tertiary/aromatic N) is 3. The number of cyclic esters (lactones) is 1. The lowest BCUT2D eigenvalue weighted by molar-refractivity contribution is 0.179. The van der Waals surface area contributed by atoms with Crippen LogP contribution in [0.3, 0.4) is 0 Å². The lowest BCUT2D eigenvalue weighted by Gasteiger charge is -2.22. The highest BCUT2D eigenvalue weighted by atomic mass is 16.6. The monoisotopic (exact) mass is 410 g/mol. The zero-order valence-electron chi connectivity index (χ0n) is 17.1. The van der Waals surface area contributed by atoms with Crippen LogP contribution >= 0.6 is 0 Å². The number of hydrogen-bond acceptors (Lipinski definition) is 5. The second-order valence-corrected chi connectivity index (χ2v) is 7.55. The van der Waals surface area contributed by atoms with E-state index in [0.717, 1.165) is 11.1 Å². The molecule has 2 atom stereocenters. The number of ether oxygens (including phenoxy) is 1. The number of carbonyl (C=O) groups is 1. The highest BCUT2D eigenvalue weighted by molar-refractivity contribution is 5.89. The normalized spacial score (nSPS) is 16.9. The van der Waals surface area contributed by atoms with Gasteiger partial charge >= 0.3 is 6.09 Å². The zero-order valence-corrected chi connectivity index (χ0v) is 17.1. The quantitative estimate of drug-likeness (QED) is 0.470. The van der Waals surface area contributed by atoms with Crippen LogP contribution in [0, 0.1) is 0 Å². The maximum Gasteiger partial charge on any atom is 0.416 e. The summed E-state index contributed by atoms with van der Waals surface area (Å²) in [5.74, 6) is 0.975. The Labute approximate surface area is 180 Å². The molecule has 6 heteroatoms. The summed E-state index contributed by atoms with van der Waals surface area (Å²) < 4.78 is 5.33. The first-order valence-electron chi connectivity index (χ1n) is 10.3. The average molecular weight is 410 g/mol.